The van der Waals surface area contributed by atoms with E-state index in [4.69, 9.17) is 4.74 Å². The van der Waals surface area contributed by atoms with Crippen LogP contribution < -0.4 is 5.32 Å². The fourth-order valence-electron chi connectivity index (χ4n) is 2.18. The average molecular weight is 185 g/mol. The molecule has 4 heteroatoms. The Morgan fingerprint density at radius 3 is 2.69 bits per heavy atom. The van der Waals surface area contributed by atoms with Gasteiger partial charge in [0.2, 0.25) is 5.91 Å². The van der Waals surface area contributed by atoms with Crippen LogP contribution in [-0.4, -0.2) is 36.4 Å². The Hall–Kier alpha value is -0.610. The van der Waals surface area contributed by atoms with Crippen LogP contribution in [0.3, 0.4) is 0 Å². The standard InChI is InChI=1S/C9H15NO3/c11-8-7(1-4-10-8)9(12)2-5-13-6-3-9/h7,12H,1-6H2,(H,10,11). The van der Waals surface area contributed by atoms with Crippen molar-refractivity contribution in [2.24, 2.45) is 5.92 Å². The number of nitrogens with one attached hydrogen (secondary N) is 1. The van der Waals surface area contributed by atoms with Crippen LogP contribution >= 0.6 is 0 Å². The molecule has 2 heterocycles. The van der Waals surface area contributed by atoms with E-state index in [0.717, 1.165) is 6.42 Å². The van der Waals surface area contributed by atoms with Crippen LogP contribution in [0.5, 0.6) is 0 Å². The molecule has 0 aromatic carbocycles. The topological polar surface area (TPSA) is 58.6 Å². The first-order valence-electron chi connectivity index (χ1n) is 4.80. The van der Waals surface area contributed by atoms with E-state index in [1.807, 2.05) is 0 Å². The van der Waals surface area contributed by atoms with Gasteiger partial charge in [0.05, 0.1) is 11.5 Å². The molecule has 1 amide bonds. The minimum Gasteiger partial charge on any atom is -0.389 e. The van der Waals surface area contributed by atoms with E-state index in [-0.39, 0.29) is 11.8 Å². The molecule has 2 fully saturated rings. The molecule has 1 atom stereocenters. The van der Waals surface area contributed by atoms with Crippen LogP contribution in [0.2, 0.25) is 0 Å². The SMILES string of the molecule is O=C1NCCC1C1(O)CCOCC1. The first-order chi connectivity index (χ1) is 6.22. The largest absolute Gasteiger partial charge is 0.389 e. The van der Waals surface area contributed by atoms with Gasteiger partial charge in [-0.2, -0.15) is 0 Å². The molecule has 0 bridgehead atoms. The third-order valence-corrected chi connectivity index (χ3v) is 3.06. The van der Waals surface area contributed by atoms with Crippen molar-refractivity contribution in [3.05, 3.63) is 0 Å². The minimum atomic E-state index is -0.807. The van der Waals surface area contributed by atoms with Gasteiger partial charge >= 0.3 is 0 Å². The van der Waals surface area contributed by atoms with Gasteiger partial charge in [-0.05, 0) is 6.42 Å². The summed E-state index contributed by atoms with van der Waals surface area (Å²) in [6, 6.07) is 0. The average Bonchev–Trinajstić information content (AvgIpc) is 2.53. The van der Waals surface area contributed by atoms with Crippen LogP contribution in [0.4, 0.5) is 0 Å². The van der Waals surface area contributed by atoms with Crippen molar-refractivity contribution >= 4 is 5.91 Å². The van der Waals surface area contributed by atoms with Crippen molar-refractivity contribution in [2.75, 3.05) is 19.8 Å². The van der Waals surface area contributed by atoms with Gasteiger partial charge in [-0.25, -0.2) is 0 Å². The van der Waals surface area contributed by atoms with Crippen LogP contribution in [0.1, 0.15) is 19.3 Å². The van der Waals surface area contributed by atoms with E-state index in [2.05, 4.69) is 5.32 Å². The molecule has 0 aromatic rings. The van der Waals surface area contributed by atoms with Crippen molar-refractivity contribution in [3.8, 4) is 0 Å². The molecule has 2 N–H and O–H groups in total. The number of hydrogen-bond donors (Lipinski definition) is 2. The van der Waals surface area contributed by atoms with Crippen molar-refractivity contribution in [2.45, 2.75) is 24.9 Å². The molecule has 2 saturated heterocycles. The molecule has 2 rings (SSSR count). The highest BCUT2D eigenvalue weighted by Gasteiger charge is 2.44. The van der Waals surface area contributed by atoms with Crippen molar-refractivity contribution in [1.29, 1.82) is 0 Å². The third-order valence-electron chi connectivity index (χ3n) is 3.06. The number of carbonyl (C=O) groups excluding carboxylic acids is 1. The Morgan fingerprint density at radius 2 is 2.15 bits per heavy atom. The summed E-state index contributed by atoms with van der Waals surface area (Å²) in [5.41, 5.74) is -0.807. The van der Waals surface area contributed by atoms with Crippen LogP contribution in [0.25, 0.3) is 0 Å². The lowest BCUT2D eigenvalue weighted by Crippen LogP contribution is -2.46. The van der Waals surface area contributed by atoms with E-state index in [1.54, 1.807) is 0 Å². The Labute approximate surface area is 77.3 Å². The zero-order chi connectivity index (χ0) is 9.31. The lowest BCUT2D eigenvalue weighted by Gasteiger charge is -2.35. The molecule has 2 aliphatic heterocycles. The van der Waals surface area contributed by atoms with Gasteiger partial charge in [0.1, 0.15) is 0 Å². The highest BCUT2D eigenvalue weighted by Crippen LogP contribution is 2.33. The van der Waals surface area contributed by atoms with Gasteiger partial charge in [-0.15, -0.1) is 0 Å². The summed E-state index contributed by atoms with van der Waals surface area (Å²) >= 11 is 0. The first-order valence-corrected chi connectivity index (χ1v) is 4.80. The molecule has 0 saturated carbocycles. The maximum atomic E-state index is 11.4. The zero-order valence-corrected chi connectivity index (χ0v) is 7.58. The van der Waals surface area contributed by atoms with E-state index >= 15 is 0 Å². The maximum Gasteiger partial charge on any atom is 0.226 e. The summed E-state index contributed by atoms with van der Waals surface area (Å²) in [4.78, 5) is 11.4. The summed E-state index contributed by atoms with van der Waals surface area (Å²) in [5, 5.41) is 13.0. The second kappa shape index (κ2) is 3.27. The van der Waals surface area contributed by atoms with Gasteiger partial charge in [-0.3, -0.25) is 4.79 Å². The van der Waals surface area contributed by atoms with E-state index in [1.165, 1.54) is 0 Å². The lowest BCUT2D eigenvalue weighted by molar-refractivity contribution is -0.139. The van der Waals surface area contributed by atoms with Gasteiger partial charge in [0.25, 0.3) is 0 Å². The highest BCUT2D eigenvalue weighted by molar-refractivity contribution is 5.81. The Balaban J connectivity index is 2.07. The third kappa shape index (κ3) is 1.56. The Kier molecular flexibility index (Phi) is 2.26. The molecule has 1 unspecified atom stereocenters. The number of carbonyl (C=O) groups is 1. The summed E-state index contributed by atoms with van der Waals surface area (Å²) in [6.45, 7) is 1.84. The zero-order valence-electron chi connectivity index (χ0n) is 7.58. The second-order valence-electron chi connectivity index (χ2n) is 3.85. The predicted molar refractivity (Wildman–Crippen MR) is 46.1 cm³/mol. The van der Waals surface area contributed by atoms with E-state index in [9.17, 15) is 9.90 Å². The number of rotatable bonds is 1. The maximum absolute atomic E-state index is 11.4. The van der Waals surface area contributed by atoms with Gasteiger partial charge < -0.3 is 15.2 Å². The molecule has 0 spiro atoms. The van der Waals surface area contributed by atoms with Crippen LogP contribution in [0, 0.1) is 5.92 Å². The number of hydrogen-bond acceptors (Lipinski definition) is 3. The Bertz CT molecular complexity index is 211. The normalized spacial score (nSPS) is 33.0. The molecule has 0 aliphatic carbocycles. The summed E-state index contributed by atoms with van der Waals surface area (Å²) < 4.78 is 5.17. The van der Waals surface area contributed by atoms with Crippen molar-refractivity contribution in [1.82, 2.24) is 5.32 Å². The fourth-order valence-corrected chi connectivity index (χ4v) is 2.18. The Morgan fingerprint density at radius 1 is 1.46 bits per heavy atom. The highest BCUT2D eigenvalue weighted by atomic mass is 16.5. The first kappa shape index (κ1) is 8.97. The van der Waals surface area contributed by atoms with Gasteiger partial charge in [0, 0.05) is 32.6 Å². The molecule has 0 radical (unpaired) electrons. The van der Waals surface area contributed by atoms with E-state index in [0.29, 0.717) is 32.6 Å². The predicted octanol–water partition coefficient (Wildman–Crippen LogP) is -0.336. The van der Waals surface area contributed by atoms with Crippen molar-refractivity contribution in [3.63, 3.8) is 0 Å². The van der Waals surface area contributed by atoms with Gasteiger partial charge in [0.15, 0.2) is 0 Å². The van der Waals surface area contributed by atoms with Gasteiger partial charge in [-0.1, -0.05) is 0 Å². The summed E-state index contributed by atoms with van der Waals surface area (Å²) in [5.74, 6) is -0.208. The number of ether oxygens (including phenoxy) is 1. The smallest absolute Gasteiger partial charge is 0.226 e. The van der Waals surface area contributed by atoms with Crippen LogP contribution in [0.15, 0.2) is 0 Å². The molecule has 4 nitrogen and oxygen atoms in total. The molecule has 13 heavy (non-hydrogen) atoms. The minimum absolute atomic E-state index is 0.00407. The molecule has 0 aromatic heterocycles. The quantitative estimate of drug-likeness (QED) is 0.588. The molecule has 2 aliphatic rings. The summed E-state index contributed by atoms with van der Waals surface area (Å²) in [6.07, 6.45) is 1.94. The number of amides is 1. The molecule has 74 valence electrons. The fraction of sp³-hybridized carbons (Fsp3) is 0.889. The van der Waals surface area contributed by atoms with Crippen LogP contribution in [-0.2, 0) is 9.53 Å². The van der Waals surface area contributed by atoms with E-state index < -0.39 is 5.60 Å². The van der Waals surface area contributed by atoms with Crippen molar-refractivity contribution < 1.29 is 14.6 Å². The molecular formula is C9H15NO3. The lowest BCUT2D eigenvalue weighted by atomic mass is 9.80. The number of aliphatic hydroxyl groups is 1. The molecular weight excluding hydrogens is 170 g/mol. The second-order valence-corrected chi connectivity index (χ2v) is 3.85. The summed E-state index contributed by atoms with van der Waals surface area (Å²) in [7, 11) is 0. The monoisotopic (exact) mass is 185 g/mol.